The summed E-state index contributed by atoms with van der Waals surface area (Å²) < 4.78 is 10.0. The van der Waals surface area contributed by atoms with Gasteiger partial charge in [-0.15, -0.1) is 0 Å². The average Bonchev–Trinajstić information content (AvgIpc) is 2.83. The highest BCUT2D eigenvalue weighted by atomic mass is 32.1. The van der Waals surface area contributed by atoms with Gasteiger partial charge in [-0.25, -0.2) is 0 Å². The van der Waals surface area contributed by atoms with Crippen molar-refractivity contribution in [2.24, 2.45) is 0 Å². The number of esters is 1. The van der Waals surface area contributed by atoms with Gasteiger partial charge in [0.1, 0.15) is 18.0 Å². The largest absolute Gasteiger partial charge is 0.496 e. The maximum Gasteiger partial charge on any atom is 0.325 e. The number of hydrogen-bond acceptors (Lipinski definition) is 5. The zero-order valence-corrected chi connectivity index (χ0v) is 15.8. The minimum atomic E-state index is -0.526. The first kappa shape index (κ1) is 18.9. The molecule has 1 N–H and O–H groups in total. The molecule has 1 aliphatic rings. The Labute approximate surface area is 152 Å². The molecule has 0 unspecified atom stereocenters. The molecule has 0 bridgehead atoms. The number of aryl methyl sites for hydroxylation is 1. The molecule has 0 radical (unpaired) electrons. The number of carbonyl (C=O) groups is 2. The first-order chi connectivity index (χ1) is 11.8. The number of hydrogen-bond donors (Lipinski definition) is 1. The molecule has 1 aromatic rings. The van der Waals surface area contributed by atoms with Gasteiger partial charge in [-0.3, -0.25) is 14.5 Å². The van der Waals surface area contributed by atoms with Crippen molar-refractivity contribution in [2.45, 2.75) is 26.7 Å². The topological polar surface area (TPSA) is 67.9 Å². The summed E-state index contributed by atoms with van der Waals surface area (Å²) in [6, 6.07) is 3.96. The first-order valence-electron chi connectivity index (χ1n) is 7.88. The Hall–Kier alpha value is -2.41. The van der Waals surface area contributed by atoms with E-state index in [0.29, 0.717) is 5.70 Å². The Kier molecular flexibility index (Phi) is 5.79. The van der Waals surface area contributed by atoms with E-state index in [1.807, 2.05) is 19.1 Å². The maximum absolute atomic E-state index is 12.5. The Morgan fingerprint density at radius 1 is 1.36 bits per heavy atom. The molecule has 0 spiro atoms. The third kappa shape index (κ3) is 3.99. The van der Waals surface area contributed by atoms with Crippen LogP contribution >= 0.6 is 12.2 Å². The van der Waals surface area contributed by atoms with Crippen LogP contribution in [0, 0.1) is 6.92 Å². The number of thiocarbonyl (C=S) groups is 1. The lowest BCUT2D eigenvalue weighted by molar-refractivity contribution is -0.143. The number of rotatable bonds is 5. The lowest BCUT2D eigenvalue weighted by Crippen LogP contribution is -2.35. The fourth-order valence-electron chi connectivity index (χ4n) is 2.56. The third-order valence-electron chi connectivity index (χ3n) is 4.02. The van der Waals surface area contributed by atoms with Crippen LogP contribution in [0.2, 0.25) is 0 Å². The molecule has 1 heterocycles. The highest BCUT2D eigenvalue weighted by molar-refractivity contribution is 7.80. The van der Waals surface area contributed by atoms with Crippen LogP contribution < -0.4 is 10.1 Å². The summed E-state index contributed by atoms with van der Waals surface area (Å²) in [5, 5.41) is 3.06. The van der Waals surface area contributed by atoms with E-state index in [2.05, 4.69) is 23.9 Å². The van der Waals surface area contributed by atoms with E-state index in [9.17, 15) is 9.59 Å². The second-order valence-electron chi connectivity index (χ2n) is 6.06. The summed E-state index contributed by atoms with van der Waals surface area (Å²) in [7, 11) is 2.91. The minimum absolute atomic E-state index is 0.192. The third-order valence-corrected chi connectivity index (χ3v) is 4.34. The van der Waals surface area contributed by atoms with Gasteiger partial charge >= 0.3 is 5.97 Å². The minimum Gasteiger partial charge on any atom is -0.496 e. The highest BCUT2D eigenvalue weighted by Gasteiger charge is 2.32. The van der Waals surface area contributed by atoms with E-state index in [1.165, 1.54) is 12.0 Å². The number of nitrogens with zero attached hydrogens (tertiary/aromatic N) is 1. The van der Waals surface area contributed by atoms with Gasteiger partial charge in [-0.05, 0) is 60.0 Å². The van der Waals surface area contributed by atoms with Crippen LogP contribution in [0.25, 0.3) is 6.08 Å². The van der Waals surface area contributed by atoms with Crippen LogP contribution in [-0.4, -0.2) is 42.7 Å². The summed E-state index contributed by atoms with van der Waals surface area (Å²) in [5.41, 5.74) is 3.25. The normalized spacial score (nSPS) is 15.8. The van der Waals surface area contributed by atoms with Crippen molar-refractivity contribution in [3.63, 3.8) is 0 Å². The first-order valence-corrected chi connectivity index (χ1v) is 8.29. The lowest BCUT2D eigenvalue weighted by Gasteiger charge is -2.15. The SMILES string of the molecule is COC(=O)CN1C(=O)/C(=C/c2cc(C(C)C)c(OC)cc2C)NC1=S. The van der Waals surface area contributed by atoms with Crippen LogP contribution in [0.15, 0.2) is 17.8 Å². The predicted molar refractivity (Wildman–Crippen MR) is 99.3 cm³/mol. The second-order valence-corrected chi connectivity index (χ2v) is 6.45. The van der Waals surface area contributed by atoms with Gasteiger partial charge in [0.15, 0.2) is 5.11 Å². The van der Waals surface area contributed by atoms with Crippen molar-refractivity contribution in [1.29, 1.82) is 0 Å². The zero-order chi connectivity index (χ0) is 18.7. The molecule has 0 aromatic heterocycles. The summed E-state index contributed by atoms with van der Waals surface area (Å²) >= 11 is 5.14. The van der Waals surface area contributed by atoms with Crippen LogP contribution in [0.4, 0.5) is 0 Å². The van der Waals surface area contributed by atoms with E-state index in [-0.39, 0.29) is 23.5 Å². The van der Waals surface area contributed by atoms with Crippen LogP contribution in [-0.2, 0) is 14.3 Å². The molecule has 0 saturated carbocycles. The molecule has 7 heteroatoms. The van der Waals surface area contributed by atoms with Crippen molar-refractivity contribution >= 4 is 35.3 Å². The molecule has 1 fully saturated rings. The Bertz CT molecular complexity index is 756. The van der Waals surface area contributed by atoms with Crippen LogP contribution in [0.3, 0.4) is 0 Å². The van der Waals surface area contributed by atoms with E-state index < -0.39 is 5.97 Å². The van der Waals surface area contributed by atoms with E-state index >= 15 is 0 Å². The number of benzene rings is 1. The Morgan fingerprint density at radius 3 is 2.60 bits per heavy atom. The molecule has 0 atom stereocenters. The van der Waals surface area contributed by atoms with E-state index in [4.69, 9.17) is 17.0 Å². The number of carbonyl (C=O) groups excluding carboxylic acids is 2. The van der Waals surface area contributed by atoms with Crippen molar-refractivity contribution in [3.8, 4) is 5.75 Å². The van der Waals surface area contributed by atoms with Crippen molar-refractivity contribution in [2.75, 3.05) is 20.8 Å². The fourth-order valence-corrected chi connectivity index (χ4v) is 2.82. The van der Waals surface area contributed by atoms with Crippen molar-refractivity contribution in [3.05, 3.63) is 34.5 Å². The molecule has 1 amide bonds. The van der Waals surface area contributed by atoms with E-state index in [1.54, 1.807) is 13.2 Å². The Morgan fingerprint density at radius 2 is 2.04 bits per heavy atom. The lowest BCUT2D eigenvalue weighted by atomic mass is 9.96. The van der Waals surface area contributed by atoms with Gasteiger partial charge < -0.3 is 14.8 Å². The number of nitrogens with one attached hydrogen (secondary N) is 1. The summed E-state index contributed by atoms with van der Waals surface area (Å²) in [5.74, 6) is 0.221. The predicted octanol–water partition coefficient (Wildman–Crippen LogP) is 2.36. The fraction of sp³-hybridized carbons (Fsp3) is 0.389. The smallest absolute Gasteiger partial charge is 0.325 e. The number of methoxy groups -OCH3 is 2. The molecule has 1 saturated heterocycles. The summed E-state index contributed by atoms with van der Waals surface area (Å²) in [4.78, 5) is 25.1. The van der Waals surface area contributed by atoms with Crippen molar-refractivity contribution < 1.29 is 19.1 Å². The molecular formula is C18H22N2O4S. The zero-order valence-electron chi connectivity index (χ0n) is 15.0. The molecule has 134 valence electrons. The second kappa shape index (κ2) is 7.65. The van der Waals surface area contributed by atoms with Gasteiger partial charge in [-0.2, -0.15) is 0 Å². The molecule has 2 rings (SSSR count). The molecule has 6 nitrogen and oxygen atoms in total. The standard InChI is InChI=1S/C18H22N2O4S/c1-10(2)13-7-12(11(3)6-15(13)23-4)8-14-17(22)20(18(25)19-14)9-16(21)24-5/h6-8,10H,9H2,1-5H3,(H,19,25)/b14-8-. The van der Waals surface area contributed by atoms with Crippen LogP contribution in [0.5, 0.6) is 5.75 Å². The van der Waals surface area contributed by atoms with Gasteiger partial charge in [0.25, 0.3) is 5.91 Å². The Balaban J connectivity index is 2.37. The van der Waals surface area contributed by atoms with Gasteiger partial charge in [0.05, 0.1) is 14.2 Å². The van der Waals surface area contributed by atoms with Gasteiger partial charge in [0, 0.05) is 0 Å². The molecule has 1 aliphatic heterocycles. The molecule has 0 aliphatic carbocycles. The van der Waals surface area contributed by atoms with E-state index in [0.717, 1.165) is 22.4 Å². The maximum atomic E-state index is 12.5. The molecule has 1 aromatic carbocycles. The van der Waals surface area contributed by atoms with Crippen molar-refractivity contribution in [1.82, 2.24) is 10.2 Å². The van der Waals surface area contributed by atoms with Crippen LogP contribution in [0.1, 0.15) is 36.5 Å². The monoisotopic (exact) mass is 362 g/mol. The van der Waals surface area contributed by atoms with Gasteiger partial charge in [-0.1, -0.05) is 13.8 Å². The summed E-state index contributed by atoms with van der Waals surface area (Å²) in [6.45, 7) is 5.90. The highest BCUT2D eigenvalue weighted by Crippen LogP contribution is 2.30. The average molecular weight is 362 g/mol. The summed E-state index contributed by atoms with van der Waals surface area (Å²) in [6.07, 6.45) is 1.74. The quantitative estimate of drug-likeness (QED) is 0.493. The molecule has 25 heavy (non-hydrogen) atoms. The van der Waals surface area contributed by atoms with Gasteiger partial charge in [0.2, 0.25) is 0 Å². The molecular weight excluding hydrogens is 340 g/mol. The number of amides is 1. The number of ether oxygens (including phenoxy) is 2.